The molecule has 23 heavy (non-hydrogen) atoms. The van der Waals surface area contributed by atoms with Gasteiger partial charge >= 0.3 is 5.97 Å². The largest absolute Gasteiger partial charge is 0.480 e. The van der Waals surface area contributed by atoms with Gasteiger partial charge < -0.3 is 10.0 Å². The SMILES string of the molecule is CC(CSC(=S)c1ccc(F)cc1)C(=O)N1CCC[C@H]1C(=O)O. The normalized spacial score (nSPS) is 18.7. The number of likely N-dealkylation sites (tertiary alicyclic amines) is 1. The molecule has 7 heteroatoms. The first-order chi connectivity index (χ1) is 10.9. The minimum atomic E-state index is -0.947. The summed E-state index contributed by atoms with van der Waals surface area (Å²) in [7, 11) is 0. The highest BCUT2D eigenvalue weighted by atomic mass is 32.2. The molecule has 0 spiro atoms. The van der Waals surface area contributed by atoms with E-state index < -0.39 is 12.0 Å². The summed E-state index contributed by atoms with van der Waals surface area (Å²) < 4.78 is 13.5. The van der Waals surface area contributed by atoms with E-state index in [1.807, 2.05) is 0 Å². The van der Waals surface area contributed by atoms with E-state index in [2.05, 4.69) is 0 Å². The van der Waals surface area contributed by atoms with Crippen molar-refractivity contribution in [3.8, 4) is 0 Å². The van der Waals surface area contributed by atoms with Crippen LogP contribution >= 0.6 is 24.0 Å². The molecule has 0 saturated carbocycles. The van der Waals surface area contributed by atoms with Gasteiger partial charge in [-0.15, -0.1) is 11.8 Å². The Balaban J connectivity index is 1.90. The molecule has 1 heterocycles. The number of thiocarbonyl (C=S) groups is 1. The lowest BCUT2D eigenvalue weighted by atomic mass is 10.1. The molecule has 4 nitrogen and oxygen atoms in total. The Morgan fingerprint density at radius 1 is 1.43 bits per heavy atom. The highest BCUT2D eigenvalue weighted by Crippen LogP contribution is 2.23. The number of carbonyl (C=O) groups excluding carboxylic acids is 1. The number of benzene rings is 1. The third-order valence-corrected chi connectivity index (χ3v) is 5.54. The zero-order chi connectivity index (χ0) is 17.0. The molecule has 1 aromatic carbocycles. The van der Waals surface area contributed by atoms with Crippen molar-refractivity contribution >= 4 is 40.1 Å². The van der Waals surface area contributed by atoms with Crippen LogP contribution in [0.25, 0.3) is 0 Å². The third-order valence-electron chi connectivity index (χ3n) is 3.79. The lowest BCUT2D eigenvalue weighted by molar-refractivity contribution is -0.149. The molecule has 1 saturated heterocycles. The molecule has 1 aliphatic heterocycles. The van der Waals surface area contributed by atoms with E-state index in [9.17, 15) is 14.0 Å². The molecule has 2 rings (SSSR count). The van der Waals surface area contributed by atoms with Gasteiger partial charge in [-0.3, -0.25) is 4.79 Å². The van der Waals surface area contributed by atoms with Crippen molar-refractivity contribution in [3.63, 3.8) is 0 Å². The Morgan fingerprint density at radius 3 is 2.70 bits per heavy atom. The van der Waals surface area contributed by atoms with Gasteiger partial charge in [0.2, 0.25) is 5.91 Å². The maximum atomic E-state index is 12.9. The lowest BCUT2D eigenvalue weighted by Gasteiger charge is -2.24. The lowest BCUT2D eigenvalue weighted by Crippen LogP contribution is -2.43. The number of carboxylic acid groups (broad SMARTS) is 1. The van der Waals surface area contributed by atoms with Crippen LogP contribution in [-0.4, -0.2) is 44.4 Å². The Kier molecular flexibility index (Phi) is 6.12. The Labute approximate surface area is 144 Å². The van der Waals surface area contributed by atoms with Gasteiger partial charge in [0.25, 0.3) is 0 Å². The standard InChI is InChI=1S/C16H18FNO3S2/c1-10(14(19)18-8-2-3-13(18)15(20)21)9-23-16(22)11-4-6-12(17)7-5-11/h4-7,10,13H,2-3,8-9H2,1H3,(H,20,21)/t10?,13-/m0/s1. The summed E-state index contributed by atoms with van der Waals surface area (Å²) in [6, 6.07) is 5.20. The predicted molar refractivity (Wildman–Crippen MR) is 92.1 cm³/mol. The first kappa shape index (κ1) is 17.9. The number of amides is 1. The smallest absolute Gasteiger partial charge is 0.326 e. The van der Waals surface area contributed by atoms with Gasteiger partial charge in [-0.05, 0) is 30.5 Å². The van der Waals surface area contributed by atoms with Gasteiger partial charge in [-0.25, -0.2) is 9.18 Å². The molecule has 124 valence electrons. The zero-order valence-corrected chi connectivity index (χ0v) is 14.3. The number of aliphatic carboxylic acids is 1. The molecule has 1 amide bonds. The second-order valence-electron chi connectivity index (χ2n) is 5.53. The van der Waals surface area contributed by atoms with Crippen molar-refractivity contribution in [2.24, 2.45) is 5.92 Å². The number of hydrogen-bond acceptors (Lipinski definition) is 4. The summed E-state index contributed by atoms with van der Waals surface area (Å²) in [6.45, 7) is 2.27. The van der Waals surface area contributed by atoms with Crippen molar-refractivity contribution in [2.45, 2.75) is 25.8 Å². The minimum Gasteiger partial charge on any atom is -0.480 e. The molecule has 2 atom stereocenters. The molecule has 0 radical (unpaired) electrons. The van der Waals surface area contributed by atoms with E-state index in [0.717, 1.165) is 12.0 Å². The zero-order valence-electron chi connectivity index (χ0n) is 12.7. The summed E-state index contributed by atoms with van der Waals surface area (Å²) in [5, 5.41) is 9.15. The third kappa shape index (κ3) is 4.51. The Bertz CT molecular complexity index is 606. The van der Waals surface area contributed by atoms with Gasteiger partial charge in [0.1, 0.15) is 11.9 Å². The van der Waals surface area contributed by atoms with E-state index >= 15 is 0 Å². The number of thioether (sulfide) groups is 1. The van der Waals surface area contributed by atoms with Crippen LogP contribution in [0.5, 0.6) is 0 Å². The summed E-state index contributed by atoms with van der Waals surface area (Å²) in [4.78, 5) is 25.0. The molecule has 1 aromatic rings. The van der Waals surface area contributed by atoms with Crippen LogP contribution in [-0.2, 0) is 9.59 Å². The highest BCUT2D eigenvalue weighted by Gasteiger charge is 2.35. The van der Waals surface area contributed by atoms with Gasteiger partial charge in [-0.2, -0.15) is 0 Å². The summed E-state index contributed by atoms with van der Waals surface area (Å²) in [6.07, 6.45) is 1.23. The molecule has 0 aliphatic carbocycles. The van der Waals surface area contributed by atoms with Crippen molar-refractivity contribution in [1.29, 1.82) is 0 Å². The van der Waals surface area contributed by atoms with E-state index in [4.69, 9.17) is 17.3 Å². The topological polar surface area (TPSA) is 57.6 Å². The molecule has 0 bridgehead atoms. The highest BCUT2D eigenvalue weighted by molar-refractivity contribution is 8.23. The first-order valence-electron chi connectivity index (χ1n) is 7.36. The maximum Gasteiger partial charge on any atom is 0.326 e. The van der Waals surface area contributed by atoms with Gasteiger partial charge in [-0.1, -0.05) is 31.3 Å². The number of carbonyl (C=O) groups is 2. The Morgan fingerprint density at radius 2 is 2.09 bits per heavy atom. The molecule has 0 aromatic heterocycles. The van der Waals surface area contributed by atoms with Crippen molar-refractivity contribution in [3.05, 3.63) is 35.6 Å². The van der Waals surface area contributed by atoms with Gasteiger partial charge in [0.15, 0.2) is 0 Å². The molecule has 1 fully saturated rings. The second-order valence-corrected chi connectivity index (χ2v) is 7.23. The maximum absolute atomic E-state index is 12.9. The number of halogens is 1. The summed E-state index contributed by atoms with van der Waals surface area (Å²) >= 11 is 6.64. The summed E-state index contributed by atoms with van der Waals surface area (Å²) in [5.74, 6) is -1.27. The van der Waals surface area contributed by atoms with Crippen LogP contribution in [0.4, 0.5) is 4.39 Å². The molecule has 1 unspecified atom stereocenters. The Hall–Kier alpha value is -1.47. The van der Waals surface area contributed by atoms with Crippen LogP contribution in [0.2, 0.25) is 0 Å². The van der Waals surface area contributed by atoms with E-state index in [1.54, 1.807) is 19.1 Å². The number of carboxylic acids is 1. The minimum absolute atomic E-state index is 0.149. The van der Waals surface area contributed by atoms with Crippen LogP contribution in [0, 0.1) is 11.7 Å². The number of hydrogen-bond donors (Lipinski definition) is 1. The monoisotopic (exact) mass is 355 g/mol. The second kappa shape index (κ2) is 7.88. The molecule has 1 N–H and O–H groups in total. The van der Waals surface area contributed by atoms with Crippen LogP contribution in [0.15, 0.2) is 24.3 Å². The predicted octanol–water partition coefficient (Wildman–Crippen LogP) is 2.95. The number of rotatable bonds is 5. The van der Waals surface area contributed by atoms with Gasteiger partial charge in [0, 0.05) is 18.2 Å². The van der Waals surface area contributed by atoms with Crippen LogP contribution < -0.4 is 0 Å². The first-order valence-corrected chi connectivity index (χ1v) is 8.75. The van der Waals surface area contributed by atoms with E-state index in [-0.39, 0.29) is 17.6 Å². The quantitative estimate of drug-likeness (QED) is 0.823. The fourth-order valence-electron chi connectivity index (χ4n) is 2.51. The average Bonchev–Trinajstić information content (AvgIpc) is 3.02. The van der Waals surface area contributed by atoms with Gasteiger partial charge in [0.05, 0.1) is 4.20 Å². The summed E-state index contributed by atoms with van der Waals surface area (Å²) in [5.41, 5.74) is 0.746. The van der Waals surface area contributed by atoms with Crippen molar-refractivity contribution in [2.75, 3.05) is 12.3 Å². The average molecular weight is 355 g/mol. The van der Waals surface area contributed by atoms with Crippen LogP contribution in [0.3, 0.4) is 0 Å². The van der Waals surface area contributed by atoms with E-state index in [0.29, 0.717) is 22.9 Å². The fraction of sp³-hybridized carbons (Fsp3) is 0.438. The van der Waals surface area contributed by atoms with Crippen molar-refractivity contribution in [1.82, 2.24) is 4.90 Å². The molecule has 1 aliphatic rings. The number of nitrogens with zero attached hydrogens (tertiary/aromatic N) is 1. The van der Waals surface area contributed by atoms with E-state index in [1.165, 1.54) is 28.8 Å². The van der Waals surface area contributed by atoms with Crippen molar-refractivity contribution < 1.29 is 19.1 Å². The molecular formula is C16H18FNO3S2. The molecular weight excluding hydrogens is 337 g/mol. The fourth-order valence-corrected chi connectivity index (χ4v) is 3.70. The van der Waals surface area contributed by atoms with Crippen LogP contribution in [0.1, 0.15) is 25.3 Å².